The van der Waals surface area contributed by atoms with Crippen LogP contribution in [-0.4, -0.2) is 36.8 Å². The quantitative estimate of drug-likeness (QED) is 0.879. The molecule has 0 radical (unpaired) electrons. The van der Waals surface area contributed by atoms with E-state index < -0.39 is 10.2 Å². The molecule has 0 aliphatic carbocycles. The standard InChI is InChI=1S/C16H22FN3O2S/c1-12-4-2-3-9-20(12)23(21,22)19-8-7-13-11-18-16-6-5-14(17)10-15(13)16/h5-6,10-12,18-19H,2-4,7-9H2,1H3/t12-/m0/s1. The Morgan fingerprint density at radius 3 is 3.00 bits per heavy atom. The van der Waals surface area contributed by atoms with Gasteiger partial charge in [-0.3, -0.25) is 0 Å². The molecule has 2 aromatic rings. The third-order valence-electron chi connectivity index (χ3n) is 4.46. The van der Waals surface area contributed by atoms with Crippen LogP contribution in [0.5, 0.6) is 0 Å². The lowest BCUT2D eigenvalue weighted by molar-refractivity contribution is 0.265. The highest BCUT2D eigenvalue weighted by molar-refractivity contribution is 7.87. The zero-order chi connectivity index (χ0) is 16.4. The number of nitrogens with zero attached hydrogens (tertiary/aromatic N) is 1. The molecule has 2 heterocycles. The largest absolute Gasteiger partial charge is 0.361 e. The summed E-state index contributed by atoms with van der Waals surface area (Å²) in [4.78, 5) is 3.08. The third-order valence-corrected chi connectivity index (χ3v) is 6.19. The van der Waals surface area contributed by atoms with Gasteiger partial charge >= 0.3 is 0 Å². The summed E-state index contributed by atoms with van der Waals surface area (Å²) in [6.45, 7) is 2.82. The van der Waals surface area contributed by atoms with Crippen molar-refractivity contribution in [3.63, 3.8) is 0 Å². The molecule has 0 unspecified atom stereocenters. The van der Waals surface area contributed by atoms with Gasteiger partial charge in [0.2, 0.25) is 0 Å². The first-order valence-corrected chi connectivity index (χ1v) is 9.43. The van der Waals surface area contributed by atoms with Crippen molar-refractivity contribution in [1.82, 2.24) is 14.0 Å². The van der Waals surface area contributed by atoms with Gasteiger partial charge in [-0.05, 0) is 49.9 Å². The number of aromatic amines is 1. The molecular weight excluding hydrogens is 317 g/mol. The number of fused-ring (bicyclic) bond motifs is 1. The zero-order valence-corrected chi connectivity index (χ0v) is 14.0. The van der Waals surface area contributed by atoms with Crippen molar-refractivity contribution in [3.05, 3.63) is 35.8 Å². The van der Waals surface area contributed by atoms with Gasteiger partial charge in [-0.25, -0.2) is 9.11 Å². The number of halogens is 1. The van der Waals surface area contributed by atoms with Crippen LogP contribution in [0.4, 0.5) is 4.39 Å². The second-order valence-electron chi connectivity index (χ2n) is 6.11. The topological polar surface area (TPSA) is 65.2 Å². The van der Waals surface area contributed by atoms with Gasteiger partial charge in [0.25, 0.3) is 10.2 Å². The van der Waals surface area contributed by atoms with Crippen molar-refractivity contribution in [2.45, 2.75) is 38.6 Å². The van der Waals surface area contributed by atoms with Crippen LogP contribution in [0.15, 0.2) is 24.4 Å². The van der Waals surface area contributed by atoms with Crippen LogP contribution in [0.2, 0.25) is 0 Å². The van der Waals surface area contributed by atoms with Gasteiger partial charge in [0.15, 0.2) is 0 Å². The molecule has 0 amide bonds. The lowest BCUT2D eigenvalue weighted by atomic mass is 10.1. The van der Waals surface area contributed by atoms with Gasteiger partial charge in [0.1, 0.15) is 5.82 Å². The summed E-state index contributed by atoms with van der Waals surface area (Å²) in [5.74, 6) is -0.291. The predicted molar refractivity (Wildman–Crippen MR) is 88.9 cm³/mol. The summed E-state index contributed by atoms with van der Waals surface area (Å²) in [7, 11) is -3.45. The van der Waals surface area contributed by atoms with Gasteiger partial charge < -0.3 is 4.98 Å². The van der Waals surface area contributed by atoms with E-state index in [0.717, 1.165) is 35.7 Å². The molecular formula is C16H22FN3O2S. The van der Waals surface area contributed by atoms with Crippen LogP contribution in [0.25, 0.3) is 10.9 Å². The summed E-state index contributed by atoms with van der Waals surface area (Å²) in [6.07, 6.45) is 5.22. The van der Waals surface area contributed by atoms with Gasteiger partial charge in [-0.15, -0.1) is 0 Å². The van der Waals surface area contributed by atoms with Crippen LogP contribution >= 0.6 is 0 Å². The second-order valence-corrected chi connectivity index (χ2v) is 7.82. The molecule has 1 aromatic carbocycles. The number of piperidine rings is 1. The molecule has 1 aliphatic rings. The van der Waals surface area contributed by atoms with E-state index in [0.29, 0.717) is 19.5 Å². The summed E-state index contributed by atoms with van der Waals surface area (Å²) >= 11 is 0. The van der Waals surface area contributed by atoms with Crippen LogP contribution in [0.1, 0.15) is 31.7 Å². The number of rotatable bonds is 5. The summed E-state index contributed by atoms with van der Waals surface area (Å²) in [5.41, 5.74) is 1.77. The minimum Gasteiger partial charge on any atom is -0.361 e. The molecule has 1 saturated heterocycles. The van der Waals surface area contributed by atoms with Gasteiger partial charge in [-0.2, -0.15) is 12.7 Å². The van der Waals surface area contributed by atoms with Gasteiger partial charge in [0.05, 0.1) is 0 Å². The van der Waals surface area contributed by atoms with E-state index in [1.807, 2.05) is 13.1 Å². The van der Waals surface area contributed by atoms with Crippen molar-refractivity contribution in [3.8, 4) is 0 Å². The molecule has 1 fully saturated rings. The molecule has 3 rings (SSSR count). The van der Waals surface area contributed by atoms with Crippen molar-refractivity contribution >= 4 is 21.1 Å². The number of nitrogens with one attached hydrogen (secondary N) is 2. The summed E-state index contributed by atoms with van der Waals surface area (Å²) in [5, 5.41) is 0.801. The van der Waals surface area contributed by atoms with Crippen molar-refractivity contribution in [2.24, 2.45) is 0 Å². The Bertz CT molecular complexity index is 788. The Kier molecular flexibility index (Phi) is 4.70. The summed E-state index contributed by atoms with van der Waals surface area (Å²) in [6, 6.07) is 4.61. The molecule has 0 spiro atoms. The number of hydrogen-bond donors (Lipinski definition) is 2. The lowest BCUT2D eigenvalue weighted by Gasteiger charge is -2.32. The van der Waals surface area contributed by atoms with Gasteiger partial charge in [-0.1, -0.05) is 6.42 Å². The van der Waals surface area contributed by atoms with E-state index in [1.54, 1.807) is 10.4 Å². The maximum absolute atomic E-state index is 13.4. The first-order chi connectivity index (χ1) is 11.0. The number of aromatic nitrogens is 1. The van der Waals surface area contributed by atoms with Crippen LogP contribution < -0.4 is 4.72 Å². The van der Waals surface area contributed by atoms with E-state index >= 15 is 0 Å². The zero-order valence-electron chi connectivity index (χ0n) is 13.2. The molecule has 0 saturated carbocycles. The Hall–Kier alpha value is -1.44. The number of hydrogen-bond acceptors (Lipinski definition) is 2. The molecule has 1 atom stereocenters. The molecule has 1 aromatic heterocycles. The minimum absolute atomic E-state index is 0.0448. The molecule has 2 N–H and O–H groups in total. The normalized spacial score (nSPS) is 20.2. The Balaban J connectivity index is 1.65. The fourth-order valence-corrected chi connectivity index (χ4v) is 4.66. The smallest absolute Gasteiger partial charge is 0.279 e. The van der Waals surface area contributed by atoms with E-state index in [4.69, 9.17) is 0 Å². The molecule has 23 heavy (non-hydrogen) atoms. The average Bonchev–Trinajstić information content (AvgIpc) is 2.90. The van der Waals surface area contributed by atoms with Gasteiger partial charge in [0, 0.05) is 36.2 Å². The molecule has 0 bridgehead atoms. The van der Waals surface area contributed by atoms with Crippen LogP contribution in [0, 0.1) is 5.82 Å². The Morgan fingerprint density at radius 1 is 1.39 bits per heavy atom. The Labute approximate surface area is 136 Å². The third kappa shape index (κ3) is 3.57. The first-order valence-electron chi connectivity index (χ1n) is 7.99. The fourth-order valence-electron chi connectivity index (χ4n) is 3.18. The maximum atomic E-state index is 13.4. The highest BCUT2D eigenvalue weighted by atomic mass is 32.2. The highest BCUT2D eigenvalue weighted by Gasteiger charge is 2.28. The second kappa shape index (κ2) is 6.59. The van der Waals surface area contributed by atoms with E-state index in [-0.39, 0.29) is 11.9 Å². The fraction of sp³-hybridized carbons (Fsp3) is 0.500. The van der Waals surface area contributed by atoms with Crippen molar-refractivity contribution in [1.29, 1.82) is 0 Å². The van der Waals surface area contributed by atoms with Crippen LogP contribution in [0.3, 0.4) is 0 Å². The van der Waals surface area contributed by atoms with E-state index in [9.17, 15) is 12.8 Å². The highest BCUT2D eigenvalue weighted by Crippen LogP contribution is 2.21. The lowest BCUT2D eigenvalue weighted by Crippen LogP contribution is -2.48. The predicted octanol–water partition coefficient (Wildman–Crippen LogP) is 2.56. The van der Waals surface area contributed by atoms with E-state index in [2.05, 4.69) is 9.71 Å². The molecule has 7 heteroatoms. The minimum atomic E-state index is -3.45. The number of H-pyrrole nitrogens is 1. The van der Waals surface area contributed by atoms with E-state index in [1.165, 1.54) is 12.1 Å². The molecule has 126 valence electrons. The monoisotopic (exact) mass is 339 g/mol. The SMILES string of the molecule is C[C@H]1CCCCN1S(=O)(=O)NCCc1c[nH]c2ccc(F)cc12. The number of benzene rings is 1. The van der Waals surface area contributed by atoms with Crippen molar-refractivity contribution < 1.29 is 12.8 Å². The molecule has 5 nitrogen and oxygen atoms in total. The molecule has 1 aliphatic heterocycles. The maximum Gasteiger partial charge on any atom is 0.279 e. The first kappa shape index (κ1) is 16.4. The average molecular weight is 339 g/mol. The Morgan fingerprint density at radius 2 is 2.22 bits per heavy atom. The van der Waals surface area contributed by atoms with Crippen molar-refractivity contribution in [2.75, 3.05) is 13.1 Å². The summed E-state index contributed by atoms with van der Waals surface area (Å²) < 4.78 is 42.4. The van der Waals surface area contributed by atoms with Crippen LogP contribution in [-0.2, 0) is 16.6 Å².